The predicted octanol–water partition coefficient (Wildman–Crippen LogP) is 3.79. The van der Waals surface area contributed by atoms with E-state index in [1.807, 2.05) is 34.7 Å². The largest absolute Gasteiger partial charge is 0.493 e. The van der Waals surface area contributed by atoms with Crippen molar-refractivity contribution in [3.63, 3.8) is 0 Å². The molecule has 29 heavy (non-hydrogen) atoms. The quantitative estimate of drug-likeness (QED) is 0.253. The SMILES string of the molecule is CCOC(=O)COc1c(I)cc(/C=C(/C#N)C(=O)Nc2ccccc2)cc1OC. The Morgan fingerprint density at radius 3 is 2.59 bits per heavy atom. The van der Waals surface area contributed by atoms with Crippen molar-refractivity contribution in [1.29, 1.82) is 5.26 Å². The Kier molecular flexibility index (Phi) is 8.48. The number of nitriles is 1. The van der Waals surface area contributed by atoms with Gasteiger partial charge in [0.15, 0.2) is 18.1 Å². The van der Waals surface area contributed by atoms with Gasteiger partial charge in [-0.25, -0.2) is 4.79 Å². The molecule has 0 aromatic heterocycles. The number of nitrogens with zero attached hydrogens (tertiary/aromatic N) is 1. The number of carbonyl (C=O) groups excluding carboxylic acids is 2. The summed E-state index contributed by atoms with van der Waals surface area (Å²) in [5, 5.41) is 12.1. The second-order valence-corrected chi connectivity index (χ2v) is 6.78. The number of amides is 1. The van der Waals surface area contributed by atoms with Gasteiger partial charge in [0.2, 0.25) is 0 Å². The molecule has 0 aliphatic rings. The molecule has 0 saturated heterocycles. The van der Waals surface area contributed by atoms with Crippen LogP contribution >= 0.6 is 22.6 Å². The molecule has 2 aromatic carbocycles. The summed E-state index contributed by atoms with van der Waals surface area (Å²) in [5.41, 5.74) is 1.11. The van der Waals surface area contributed by atoms with Crippen LogP contribution in [0.15, 0.2) is 48.0 Å². The van der Waals surface area contributed by atoms with Crippen LogP contribution in [-0.4, -0.2) is 32.2 Å². The topological polar surface area (TPSA) is 97.7 Å². The fourth-order valence-electron chi connectivity index (χ4n) is 2.33. The summed E-state index contributed by atoms with van der Waals surface area (Å²) in [6.45, 7) is 1.73. The van der Waals surface area contributed by atoms with Crippen molar-refractivity contribution in [2.75, 3.05) is 25.6 Å². The van der Waals surface area contributed by atoms with Crippen molar-refractivity contribution in [3.05, 3.63) is 57.2 Å². The van der Waals surface area contributed by atoms with Gasteiger partial charge in [-0.15, -0.1) is 0 Å². The monoisotopic (exact) mass is 506 g/mol. The highest BCUT2D eigenvalue weighted by Crippen LogP contribution is 2.34. The van der Waals surface area contributed by atoms with E-state index in [-0.39, 0.29) is 18.8 Å². The van der Waals surface area contributed by atoms with Crippen LogP contribution in [0.4, 0.5) is 5.69 Å². The fraction of sp³-hybridized carbons (Fsp3) is 0.190. The first-order chi connectivity index (χ1) is 14.0. The lowest BCUT2D eigenvalue weighted by Crippen LogP contribution is -2.15. The lowest BCUT2D eigenvalue weighted by atomic mass is 10.1. The number of hydrogen-bond donors (Lipinski definition) is 1. The molecule has 0 heterocycles. The summed E-state index contributed by atoms with van der Waals surface area (Å²) in [6, 6.07) is 14.1. The molecule has 8 heteroatoms. The van der Waals surface area contributed by atoms with Gasteiger partial charge in [0, 0.05) is 5.69 Å². The summed E-state index contributed by atoms with van der Waals surface area (Å²) in [4.78, 5) is 23.9. The van der Waals surface area contributed by atoms with Crippen molar-refractivity contribution < 1.29 is 23.8 Å². The Labute approximate surface area is 182 Å². The molecule has 150 valence electrons. The number of esters is 1. The minimum absolute atomic E-state index is 0.0631. The molecule has 7 nitrogen and oxygen atoms in total. The van der Waals surface area contributed by atoms with E-state index in [9.17, 15) is 14.9 Å². The van der Waals surface area contributed by atoms with Crippen LogP contribution in [0.2, 0.25) is 0 Å². The van der Waals surface area contributed by atoms with E-state index in [0.29, 0.717) is 26.3 Å². The van der Waals surface area contributed by atoms with Gasteiger partial charge in [-0.3, -0.25) is 4.79 Å². The highest BCUT2D eigenvalue weighted by molar-refractivity contribution is 14.1. The van der Waals surface area contributed by atoms with Crippen LogP contribution in [-0.2, 0) is 14.3 Å². The zero-order chi connectivity index (χ0) is 21.2. The van der Waals surface area contributed by atoms with Crippen LogP contribution in [0.5, 0.6) is 11.5 Å². The fourth-order valence-corrected chi connectivity index (χ4v) is 3.11. The number of benzene rings is 2. The Morgan fingerprint density at radius 2 is 1.97 bits per heavy atom. The first-order valence-electron chi connectivity index (χ1n) is 8.62. The third kappa shape index (κ3) is 6.50. The van der Waals surface area contributed by atoms with Gasteiger partial charge in [0.25, 0.3) is 5.91 Å². The highest BCUT2D eigenvalue weighted by Gasteiger charge is 2.15. The molecule has 1 amide bonds. The number of hydrogen-bond acceptors (Lipinski definition) is 6. The number of carbonyl (C=O) groups is 2. The maximum atomic E-state index is 12.4. The number of halogens is 1. The van der Waals surface area contributed by atoms with E-state index in [0.717, 1.165) is 0 Å². The van der Waals surface area contributed by atoms with Crippen LogP contribution in [0, 0.1) is 14.9 Å². The summed E-state index contributed by atoms with van der Waals surface area (Å²) >= 11 is 2.03. The maximum Gasteiger partial charge on any atom is 0.344 e. The lowest BCUT2D eigenvalue weighted by molar-refractivity contribution is -0.145. The van der Waals surface area contributed by atoms with Gasteiger partial charge in [-0.05, 0) is 65.4 Å². The third-order valence-corrected chi connectivity index (χ3v) is 4.40. The van der Waals surface area contributed by atoms with Crippen LogP contribution < -0.4 is 14.8 Å². The standard InChI is InChI=1S/C21H19IN2O5/c1-3-28-19(25)13-29-20-17(22)10-14(11-18(20)27-2)9-15(12-23)21(26)24-16-7-5-4-6-8-16/h4-11H,3,13H2,1-2H3,(H,24,26)/b15-9-. The molecule has 0 atom stereocenters. The molecule has 0 saturated carbocycles. The highest BCUT2D eigenvalue weighted by atomic mass is 127. The van der Waals surface area contributed by atoms with Crippen molar-refractivity contribution in [2.45, 2.75) is 6.92 Å². The molecule has 0 aliphatic heterocycles. The summed E-state index contributed by atoms with van der Waals surface area (Å²) in [6.07, 6.45) is 1.46. The number of ether oxygens (including phenoxy) is 3. The Bertz CT molecular complexity index is 952. The number of rotatable bonds is 8. The van der Waals surface area contributed by atoms with Gasteiger partial charge < -0.3 is 19.5 Å². The number of para-hydroxylation sites is 1. The summed E-state index contributed by atoms with van der Waals surface area (Å²) in [7, 11) is 1.46. The molecular weight excluding hydrogens is 487 g/mol. The molecule has 1 N–H and O–H groups in total. The molecular formula is C21H19IN2O5. The Hall–Kier alpha value is -3.06. The van der Waals surface area contributed by atoms with E-state index in [1.165, 1.54) is 13.2 Å². The van der Waals surface area contributed by atoms with Crippen LogP contribution in [0.3, 0.4) is 0 Å². The molecule has 0 bridgehead atoms. The average Bonchev–Trinajstić information content (AvgIpc) is 2.71. The van der Waals surface area contributed by atoms with Gasteiger partial charge >= 0.3 is 5.97 Å². The summed E-state index contributed by atoms with van der Waals surface area (Å²) < 4.78 is 16.3. The van der Waals surface area contributed by atoms with E-state index in [4.69, 9.17) is 14.2 Å². The number of nitrogens with one attached hydrogen (secondary N) is 1. The molecule has 0 aliphatic carbocycles. The van der Waals surface area contributed by atoms with Gasteiger partial charge in [-0.1, -0.05) is 18.2 Å². The summed E-state index contributed by atoms with van der Waals surface area (Å²) in [5.74, 6) is -0.257. The molecule has 2 aromatic rings. The molecule has 0 radical (unpaired) electrons. The smallest absolute Gasteiger partial charge is 0.344 e. The van der Waals surface area contributed by atoms with Crippen molar-refractivity contribution >= 4 is 46.2 Å². The van der Waals surface area contributed by atoms with E-state index < -0.39 is 11.9 Å². The van der Waals surface area contributed by atoms with Gasteiger partial charge in [-0.2, -0.15) is 5.26 Å². The molecule has 0 fully saturated rings. The van der Waals surface area contributed by atoms with E-state index >= 15 is 0 Å². The van der Waals surface area contributed by atoms with Crippen LogP contribution in [0.25, 0.3) is 6.08 Å². The average molecular weight is 506 g/mol. The van der Waals surface area contributed by atoms with E-state index in [1.54, 1.807) is 43.3 Å². The third-order valence-electron chi connectivity index (χ3n) is 3.60. The first kappa shape index (κ1) is 22.2. The van der Waals surface area contributed by atoms with Crippen LogP contribution in [0.1, 0.15) is 12.5 Å². The lowest BCUT2D eigenvalue weighted by Gasteiger charge is -2.13. The Morgan fingerprint density at radius 1 is 1.24 bits per heavy atom. The zero-order valence-corrected chi connectivity index (χ0v) is 18.1. The minimum atomic E-state index is -0.518. The maximum absolute atomic E-state index is 12.4. The normalized spacial score (nSPS) is 10.6. The van der Waals surface area contributed by atoms with Crippen molar-refractivity contribution in [1.82, 2.24) is 0 Å². The van der Waals surface area contributed by atoms with Gasteiger partial charge in [0.05, 0.1) is 17.3 Å². The first-order valence-corrected chi connectivity index (χ1v) is 9.70. The predicted molar refractivity (Wildman–Crippen MR) is 117 cm³/mol. The molecule has 0 unspecified atom stereocenters. The van der Waals surface area contributed by atoms with Gasteiger partial charge in [0.1, 0.15) is 11.6 Å². The molecule has 2 rings (SSSR count). The number of anilines is 1. The second kappa shape index (κ2) is 11.1. The van der Waals surface area contributed by atoms with Crippen molar-refractivity contribution in [2.24, 2.45) is 0 Å². The second-order valence-electron chi connectivity index (χ2n) is 5.62. The Balaban J connectivity index is 2.24. The minimum Gasteiger partial charge on any atom is -0.493 e. The number of methoxy groups -OCH3 is 1. The zero-order valence-electron chi connectivity index (χ0n) is 15.9. The van der Waals surface area contributed by atoms with Crippen molar-refractivity contribution in [3.8, 4) is 17.6 Å². The van der Waals surface area contributed by atoms with E-state index in [2.05, 4.69) is 5.32 Å². The molecule has 0 spiro atoms.